The molecule has 0 saturated carbocycles. The monoisotopic (exact) mass is 550 g/mol. The van der Waals surface area contributed by atoms with Crippen LogP contribution in [0.5, 0.6) is 5.75 Å². The van der Waals surface area contributed by atoms with Crippen LogP contribution in [0, 0.1) is 36.0 Å². The van der Waals surface area contributed by atoms with E-state index >= 15 is 0 Å². The minimum absolute atomic E-state index is 0.0368. The van der Waals surface area contributed by atoms with E-state index in [0.717, 1.165) is 11.1 Å². The third-order valence-electron chi connectivity index (χ3n) is 5.24. The zero-order chi connectivity index (χ0) is 25.4. The summed E-state index contributed by atoms with van der Waals surface area (Å²) in [5, 5.41) is 3.89. The van der Waals surface area contributed by atoms with Crippen molar-refractivity contribution in [3.05, 3.63) is 98.3 Å². The van der Waals surface area contributed by atoms with Gasteiger partial charge in [0.2, 0.25) is 5.82 Å². The number of hydrogen-bond donors (Lipinski definition) is 0. The van der Waals surface area contributed by atoms with Crippen LogP contribution in [0.1, 0.15) is 23.6 Å². The molecule has 0 N–H and O–H groups in total. The van der Waals surface area contributed by atoms with E-state index in [4.69, 9.17) is 4.74 Å². The van der Waals surface area contributed by atoms with Gasteiger partial charge >= 0.3 is 0 Å². The van der Waals surface area contributed by atoms with Crippen molar-refractivity contribution >= 4 is 39.3 Å². The maximum Gasteiger partial charge on any atom is 0.280 e. The Morgan fingerprint density at radius 1 is 0.914 bits per heavy atom. The van der Waals surface area contributed by atoms with Crippen molar-refractivity contribution < 1.29 is 31.5 Å². The summed E-state index contributed by atoms with van der Waals surface area (Å²) in [4.78, 5) is 12.8. The predicted octanol–water partition coefficient (Wildman–Crippen LogP) is 6.84. The molecule has 4 nitrogen and oxygen atoms in total. The van der Waals surface area contributed by atoms with Crippen molar-refractivity contribution in [3.63, 3.8) is 0 Å². The molecule has 1 aliphatic heterocycles. The highest BCUT2D eigenvalue weighted by molar-refractivity contribution is 9.10. The Morgan fingerprint density at radius 3 is 2.11 bits per heavy atom. The van der Waals surface area contributed by atoms with E-state index in [0.29, 0.717) is 22.4 Å². The Hall–Kier alpha value is -3.53. The second-order valence-corrected chi connectivity index (χ2v) is 8.60. The Bertz CT molecular complexity index is 1370. The minimum Gasteiger partial charge on any atom is -0.488 e. The molecule has 10 heteroatoms. The van der Waals surface area contributed by atoms with E-state index in [1.54, 1.807) is 18.2 Å². The molecule has 1 aliphatic rings. The van der Waals surface area contributed by atoms with E-state index in [-0.39, 0.29) is 16.3 Å². The first-order valence-corrected chi connectivity index (χ1v) is 11.0. The quantitative estimate of drug-likeness (QED) is 0.151. The summed E-state index contributed by atoms with van der Waals surface area (Å²) in [5.74, 6) is -11.4. The fraction of sp³-hybridized carbons (Fsp3) is 0.120. The van der Waals surface area contributed by atoms with Crippen LogP contribution in [0.15, 0.2) is 57.6 Å². The van der Waals surface area contributed by atoms with Gasteiger partial charge in [0.15, 0.2) is 23.3 Å². The fourth-order valence-electron chi connectivity index (χ4n) is 3.35. The van der Waals surface area contributed by atoms with E-state index < -0.39 is 40.7 Å². The van der Waals surface area contributed by atoms with Gasteiger partial charge in [-0.05, 0) is 59.1 Å². The van der Waals surface area contributed by atoms with Gasteiger partial charge in [0.1, 0.15) is 18.0 Å². The van der Waals surface area contributed by atoms with Gasteiger partial charge in [-0.1, -0.05) is 35.9 Å². The third kappa shape index (κ3) is 4.70. The topological polar surface area (TPSA) is 41.9 Å². The smallest absolute Gasteiger partial charge is 0.280 e. The molecule has 0 aromatic heterocycles. The van der Waals surface area contributed by atoms with Gasteiger partial charge in [-0.2, -0.15) is 10.1 Å². The Kier molecular flexibility index (Phi) is 6.75. The number of ether oxygens (including phenoxy) is 1. The highest BCUT2D eigenvalue weighted by atomic mass is 79.9. The summed E-state index contributed by atoms with van der Waals surface area (Å²) in [6, 6.07) is 12.8. The minimum atomic E-state index is -2.32. The fourth-order valence-corrected chi connectivity index (χ4v) is 3.86. The van der Waals surface area contributed by atoms with E-state index in [1.807, 2.05) is 31.2 Å². The van der Waals surface area contributed by atoms with Crippen molar-refractivity contribution in [3.8, 4) is 5.75 Å². The lowest BCUT2D eigenvalue weighted by atomic mass is 10.1. The summed E-state index contributed by atoms with van der Waals surface area (Å²) >= 11 is 3.40. The first-order valence-electron chi connectivity index (χ1n) is 10.2. The number of hydrazone groups is 1. The number of aryl methyl sites for hydroxylation is 1. The Balaban J connectivity index is 1.58. The van der Waals surface area contributed by atoms with Gasteiger partial charge in [-0.15, -0.1) is 0 Å². The first-order chi connectivity index (χ1) is 16.6. The lowest BCUT2D eigenvalue weighted by Crippen LogP contribution is -2.25. The molecule has 3 aromatic rings. The number of benzene rings is 3. The maximum absolute atomic E-state index is 14.2. The molecule has 180 valence electrons. The standard InChI is InChI=1S/C25H16BrF5N2O2/c1-12-3-5-14(6-4-12)11-35-18-8-7-15(10-17(18)26)9-16-13(2)32-33(25(16)34)24-22(30)20(28)19(27)21(29)23(24)31/h3-10H,11H2,1-2H3/b16-9+. The molecule has 35 heavy (non-hydrogen) atoms. The van der Waals surface area contributed by atoms with Crippen LogP contribution >= 0.6 is 15.9 Å². The molecule has 1 heterocycles. The van der Waals surface area contributed by atoms with Crippen LogP contribution in [0.3, 0.4) is 0 Å². The molecule has 0 atom stereocenters. The maximum atomic E-state index is 14.2. The highest BCUT2D eigenvalue weighted by Gasteiger charge is 2.37. The number of carbonyl (C=O) groups excluding carboxylic acids is 1. The van der Waals surface area contributed by atoms with Crippen LogP contribution < -0.4 is 9.75 Å². The molecular formula is C25H16BrF5N2O2. The van der Waals surface area contributed by atoms with E-state index in [1.165, 1.54) is 13.0 Å². The molecule has 0 fully saturated rings. The summed E-state index contributed by atoms with van der Waals surface area (Å²) in [5.41, 5.74) is 1.15. The van der Waals surface area contributed by atoms with Crippen LogP contribution in [-0.4, -0.2) is 11.6 Å². The molecule has 0 radical (unpaired) electrons. The zero-order valence-electron chi connectivity index (χ0n) is 18.3. The molecule has 4 rings (SSSR count). The first kappa shape index (κ1) is 24.6. The SMILES string of the molecule is CC1=NN(c2c(F)c(F)c(F)c(F)c2F)C(=O)/C1=C/c1ccc(OCc2ccc(C)cc2)c(Br)c1. The van der Waals surface area contributed by atoms with Crippen molar-refractivity contribution in [2.75, 3.05) is 5.01 Å². The van der Waals surface area contributed by atoms with Gasteiger partial charge in [-0.3, -0.25) is 4.79 Å². The van der Waals surface area contributed by atoms with Crippen molar-refractivity contribution in [1.82, 2.24) is 0 Å². The number of halogens is 6. The molecule has 0 saturated heterocycles. The second-order valence-electron chi connectivity index (χ2n) is 7.74. The number of carbonyl (C=O) groups is 1. The molecule has 1 amide bonds. The van der Waals surface area contributed by atoms with Gasteiger partial charge < -0.3 is 4.74 Å². The Morgan fingerprint density at radius 2 is 1.51 bits per heavy atom. The molecule has 0 unspecified atom stereocenters. The summed E-state index contributed by atoms with van der Waals surface area (Å²) < 4.78 is 75.4. The summed E-state index contributed by atoms with van der Waals surface area (Å²) in [6.07, 6.45) is 1.39. The number of hydrogen-bond acceptors (Lipinski definition) is 3. The Labute approximate surface area is 205 Å². The molecule has 0 bridgehead atoms. The highest BCUT2D eigenvalue weighted by Crippen LogP contribution is 2.34. The average molecular weight is 551 g/mol. The molecular weight excluding hydrogens is 535 g/mol. The van der Waals surface area contributed by atoms with Crippen LogP contribution in [-0.2, 0) is 11.4 Å². The largest absolute Gasteiger partial charge is 0.488 e. The van der Waals surface area contributed by atoms with E-state index in [9.17, 15) is 26.7 Å². The number of anilines is 1. The number of nitrogens with zero attached hydrogens (tertiary/aromatic N) is 2. The normalized spacial score (nSPS) is 14.6. The predicted molar refractivity (Wildman–Crippen MR) is 124 cm³/mol. The van der Waals surface area contributed by atoms with Crippen LogP contribution in [0.4, 0.5) is 27.6 Å². The molecule has 0 spiro atoms. The second kappa shape index (κ2) is 9.61. The number of amides is 1. The van der Waals surface area contributed by atoms with Crippen LogP contribution in [0.2, 0.25) is 0 Å². The average Bonchev–Trinajstić information content (AvgIpc) is 3.10. The van der Waals surface area contributed by atoms with Gasteiger partial charge in [0.05, 0.1) is 15.8 Å². The van der Waals surface area contributed by atoms with Crippen molar-refractivity contribution in [2.45, 2.75) is 20.5 Å². The van der Waals surface area contributed by atoms with Gasteiger partial charge in [0, 0.05) is 0 Å². The lowest BCUT2D eigenvalue weighted by molar-refractivity contribution is -0.114. The zero-order valence-corrected chi connectivity index (χ0v) is 19.9. The van der Waals surface area contributed by atoms with Crippen molar-refractivity contribution in [2.24, 2.45) is 5.10 Å². The molecule has 3 aromatic carbocycles. The van der Waals surface area contributed by atoms with Gasteiger partial charge in [0.25, 0.3) is 5.91 Å². The third-order valence-corrected chi connectivity index (χ3v) is 5.86. The van der Waals surface area contributed by atoms with Crippen molar-refractivity contribution in [1.29, 1.82) is 0 Å². The summed E-state index contributed by atoms with van der Waals surface area (Å²) in [7, 11) is 0. The summed E-state index contributed by atoms with van der Waals surface area (Å²) in [6.45, 7) is 3.70. The lowest BCUT2D eigenvalue weighted by Gasteiger charge is -2.15. The van der Waals surface area contributed by atoms with Crippen LogP contribution in [0.25, 0.3) is 6.08 Å². The molecule has 0 aliphatic carbocycles. The number of rotatable bonds is 5. The van der Waals surface area contributed by atoms with E-state index in [2.05, 4.69) is 21.0 Å². The van der Waals surface area contributed by atoms with Gasteiger partial charge in [-0.25, -0.2) is 22.0 Å².